The van der Waals surface area contributed by atoms with Gasteiger partial charge in [0.1, 0.15) is 4.90 Å². The molecular weight excluding hydrogens is 302 g/mol. The Morgan fingerprint density at radius 1 is 1.29 bits per heavy atom. The number of hydrogen-bond donors (Lipinski definition) is 2. The summed E-state index contributed by atoms with van der Waals surface area (Å²) in [4.78, 5) is -0.805. The second-order valence-electron chi connectivity index (χ2n) is 5.26. The zero-order valence-electron chi connectivity index (χ0n) is 11.6. The van der Waals surface area contributed by atoms with E-state index in [-0.39, 0.29) is 5.69 Å². The lowest BCUT2D eigenvalue weighted by molar-refractivity contribution is 0.0637. The lowest BCUT2D eigenvalue weighted by atomic mass is 9.93. The third-order valence-corrected chi connectivity index (χ3v) is 5.72. The molecule has 21 heavy (non-hydrogen) atoms. The summed E-state index contributed by atoms with van der Waals surface area (Å²) in [5.41, 5.74) is 5.22. The molecule has 3 N–H and O–H groups in total. The summed E-state index contributed by atoms with van der Waals surface area (Å²) in [7, 11) is -3.01. The molecule has 1 aromatic carbocycles. The summed E-state index contributed by atoms with van der Waals surface area (Å²) in [5, 5.41) is 9.93. The Labute approximate surface area is 122 Å². The standard InChI is InChI=1S/C13H18F2N2O3S/c1-17(10-4-2-3-5-11(10)18)21(19,20)12-7-8(16)6-9(14)13(12)15/h6-7,10-11,18H,2-5,16H2,1H3. The summed E-state index contributed by atoms with van der Waals surface area (Å²) >= 11 is 0. The highest BCUT2D eigenvalue weighted by Gasteiger charge is 2.36. The number of benzene rings is 1. The molecule has 1 aliphatic rings. The monoisotopic (exact) mass is 320 g/mol. The van der Waals surface area contributed by atoms with Gasteiger partial charge in [0.05, 0.1) is 12.1 Å². The number of nitrogen functional groups attached to an aromatic ring is 1. The normalized spacial score (nSPS) is 23.5. The van der Waals surface area contributed by atoms with Gasteiger partial charge in [0.25, 0.3) is 0 Å². The highest BCUT2D eigenvalue weighted by molar-refractivity contribution is 7.89. The highest BCUT2D eigenvalue weighted by atomic mass is 32.2. The van der Waals surface area contributed by atoms with Crippen molar-refractivity contribution < 1.29 is 22.3 Å². The number of anilines is 1. The first-order valence-corrected chi connectivity index (χ1v) is 8.09. The number of nitrogens with zero attached hydrogens (tertiary/aromatic N) is 1. The van der Waals surface area contributed by atoms with E-state index in [2.05, 4.69) is 0 Å². The van der Waals surface area contributed by atoms with Crippen LogP contribution >= 0.6 is 0 Å². The number of nitrogens with two attached hydrogens (primary N) is 1. The smallest absolute Gasteiger partial charge is 0.246 e. The van der Waals surface area contributed by atoms with Crippen molar-refractivity contribution in [3.8, 4) is 0 Å². The maximum atomic E-state index is 13.8. The maximum absolute atomic E-state index is 13.8. The molecule has 5 nitrogen and oxygen atoms in total. The SMILES string of the molecule is CN(C1CCCCC1O)S(=O)(=O)c1cc(N)cc(F)c1F. The predicted molar refractivity (Wildman–Crippen MR) is 74.0 cm³/mol. The van der Waals surface area contributed by atoms with E-state index in [1.54, 1.807) is 0 Å². The van der Waals surface area contributed by atoms with E-state index < -0.39 is 38.7 Å². The average Bonchev–Trinajstić information content (AvgIpc) is 2.42. The molecule has 0 spiro atoms. The molecule has 1 aliphatic carbocycles. The van der Waals surface area contributed by atoms with Crippen LogP contribution < -0.4 is 5.73 Å². The van der Waals surface area contributed by atoms with Crippen LogP contribution in [0.3, 0.4) is 0 Å². The van der Waals surface area contributed by atoms with Crippen molar-refractivity contribution in [1.82, 2.24) is 4.31 Å². The van der Waals surface area contributed by atoms with Crippen LogP contribution in [0.4, 0.5) is 14.5 Å². The molecule has 2 unspecified atom stereocenters. The fourth-order valence-corrected chi connectivity index (χ4v) is 4.14. The molecule has 1 saturated carbocycles. The number of sulfonamides is 1. The van der Waals surface area contributed by atoms with E-state index in [4.69, 9.17) is 5.73 Å². The van der Waals surface area contributed by atoms with E-state index in [9.17, 15) is 22.3 Å². The Hall–Kier alpha value is -1.25. The van der Waals surface area contributed by atoms with E-state index >= 15 is 0 Å². The number of aliphatic hydroxyl groups is 1. The van der Waals surface area contributed by atoms with Gasteiger partial charge < -0.3 is 10.8 Å². The summed E-state index contributed by atoms with van der Waals surface area (Å²) in [6.07, 6.45) is 1.73. The third-order valence-electron chi connectivity index (χ3n) is 3.84. The lowest BCUT2D eigenvalue weighted by Crippen LogP contribution is -2.46. The Kier molecular flexibility index (Phi) is 4.50. The van der Waals surface area contributed by atoms with Crippen LogP contribution in [-0.2, 0) is 10.0 Å². The van der Waals surface area contributed by atoms with Gasteiger partial charge in [-0.25, -0.2) is 17.2 Å². The molecule has 2 rings (SSSR count). The number of aliphatic hydroxyl groups excluding tert-OH is 1. The molecule has 0 heterocycles. The van der Waals surface area contributed by atoms with Crippen LogP contribution in [0.25, 0.3) is 0 Å². The Bertz CT molecular complexity index is 637. The number of hydrogen-bond acceptors (Lipinski definition) is 4. The van der Waals surface area contributed by atoms with Crippen molar-refractivity contribution in [2.45, 2.75) is 42.7 Å². The first-order valence-electron chi connectivity index (χ1n) is 6.65. The topological polar surface area (TPSA) is 83.6 Å². The fourth-order valence-electron chi connectivity index (χ4n) is 2.62. The van der Waals surface area contributed by atoms with Crippen molar-refractivity contribution in [1.29, 1.82) is 0 Å². The highest BCUT2D eigenvalue weighted by Crippen LogP contribution is 2.29. The van der Waals surface area contributed by atoms with Gasteiger partial charge >= 0.3 is 0 Å². The first-order chi connectivity index (χ1) is 9.75. The molecule has 2 atom stereocenters. The second-order valence-corrected chi connectivity index (χ2v) is 7.22. The molecule has 0 aliphatic heterocycles. The van der Waals surface area contributed by atoms with Crippen molar-refractivity contribution in [3.63, 3.8) is 0 Å². The van der Waals surface area contributed by atoms with Gasteiger partial charge in [-0.1, -0.05) is 12.8 Å². The fraction of sp³-hybridized carbons (Fsp3) is 0.538. The van der Waals surface area contributed by atoms with Gasteiger partial charge in [0, 0.05) is 12.7 Å². The Morgan fingerprint density at radius 2 is 1.90 bits per heavy atom. The number of halogens is 2. The van der Waals surface area contributed by atoms with Gasteiger partial charge in [-0.2, -0.15) is 4.31 Å². The third kappa shape index (κ3) is 3.02. The molecule has 118 valence electrons. The van der Waals surface area contributed by atoms with Crippen LogP contribution in [0.2, 0.25) is 0 Å². The Morgan fingerprint density at radius 3 is 2.52 bits per heavy atom. The summed E-state index contributed by atoms with van der Waals surface area (Å²) < 4.78 is 53.0. The van der Waals surface area contributed by atoms with Crippen LogP contribution in [0.15, 0.2) is 17.0 Å². The molecule has 0 amide bonds. The minimum absolute atomic E-state index is 0.176. The molecule has 0 saturated heterocycles. The lowest BCUT2D eigenvalue weighted by Gasteiger charge is -2.34. The van der Waals surface area contributed by atoms with Gasteiger partial charge in [-0.15, -0.1) is 0 Å². The molecule has 1 fully saturated rings. The van der Waals surface area contributed by atoms with Crippen molar-refractivity contribution in [2.75, 3.05) is 12.8 Å². The van der Waals surface area contributed by atoms with Gasteiger partial charge in [0.2, 0.25) is 10.0 Å². The van der Waals surface area contributed by atoms with Gasteiger partial charge in [-0.05, 0) is 25.0 Å². The van der Waals surface area contributed by atoms with Crippen LogP contribution in [0.5, 0.6) is 0 Å². The van der Waals surface area contributed by atoms with Gasteiger partial charge in [0.15, 0.2) is 11.6 Å². The van der Waals surface area contributed by atoms with Crippen LogP contribution in [0, 0.1) is 11.6 Å². The van der Waals surface area contributed by atoms with Crippen molar-refractivity contribution in [2.24, 2.45) is 0 Å². The van der Waals surface area contributed by atoms with Crippen molar-refractivity contribution >= 4 is 15.7 Å². The van der Waals surface area contributed by atoms with E-state index in [1.807, 2.05) is 0 Å². The molecule has 0 radical (unpaired) electrons. The zero-order chi connectivity index (χ0) is 15.8. The Balaban J connectivity index is 2.42. The largest absolute Gasteiger partial charge is 0.399 e. The van der Waals surface area contributed by atoms with E-state index in [0.717, 1.165) is 29.3 Å². The first kappa shape index (κ1) is 16.1. The van der Waals surface area contributed by atoms with E-state index in [1.165, 1.54) is 7.05 Å². The van der Waals surface area contributed by atoms with E-state index in [0.29, 0.717) is 12.8 Å². The molecule has 0 bridgehead atoms. The van der Waals surface area contributed by atoms with Gasteiger partial charge in [-0.3, -0.25) is 0 Å². The summed E-state index contributed by atoms with van der Waals surface area (Å²) in [6.45, 7) is 0. The summed E-state index contributed by atoms with van der Waals surface area (Å²) in [5.74, 6) is -2.77. The number of rotatable bonds is 3. The summed E-state index contributed by atoms with van der Waals surface area (Å²) in [6, 6.07) is 0.969. The molecule has 0 aromatic heterocycles. The number of likely N-dealkylation sites (N-methyl/N-ethyl adjacent to an activating group) is 1. The van der Waals surface area contributed by atoms with Crippen LogP contribution in [-0.4, -0.2) is 37.0 Å². The predicted octanol–water partition coefficient (Wildman–Crippen LogP) is 1.47. The quantitative estimate of drug-likeness (QED) is 0.826. The minimum atomic E-state index is -4.27. The second kappa shape index (κ2) is 5.86. The van der Waals surface area contributed by atoms with Crippen LogP contribution in [0.1, 0.15) is 25.7 Å². The molecule has 8 heteroatoms. The average molecular weight is 320 g/mol. The maximum Gasteiger partial charge on any atom is 0.246 e. The molecular formula is C13H18F2N2O3S. The zero-order valence-corrected chi connectivity index (χ0v) is 12.4. The van der Waals surface area contributed by atoms with Crippen molar-refractivity contribution in [3.05, 3.63) is 23.8 Å². The minimum Gasteiger partial charge on any atom is -0.399 e. The molecule has 1 aromatic rings.